The number of carbonyl (C=O) groups is 2. The number of nitrogens with one attached hydrogen (secondary N) is 1. The van der Waals surface area contributed by atoms with E-state index in [-0.39, 0.29) is 43.1 Å². The molecule has 3 rings (SSSR count). The molecule has 0 saturated carbocycles. The summed E-state index contributed by atoms with van der Waals surface area (Å²) >= 11 is 0. The second-order valence-corrected chi connectivity index (χ2v) is 7.38. The lowest BCUT2D eigenvalue weighted by Crippen LogP contribution is -2.63. The largest absolute Gasteiger partial charge is 0.507 e. The number of nitrogens with two attached hydrogens (primary N) is 1. The molecule has 1 aromatic heterocycles. The second kappa shape index (κ2) is 8.38. The van der Waals surface area contributed by atoms with Gasteiger partial charge in [0, 0.05) is 6.20 Å². The Morgan fingerprint density at radius 3 is 2.67 bits per heavy atom. The average molecular weight is 416 g/mol. The molecule has 7 N–H and O–H groups in total. The van der Waals surface area contributed by atoms with E-state index in [0.29, 0.717) is 5.69 Å². The third-order valence-corrected chi connectivity index (χ3v) is 5.01. The summed E-state index contributed by atoms with van der Waals surface area (Å²) in [4.78, 5) is 32.6. The number of amides is 1. The summed E-state index contributed by atoms with van der Waals surface area (Å²) in [6, 6.07) is 2.87. The van der Waals surface area contributed by atoms with Gasteiger partial charge in [-0.25, -0.2) is 9.78 Å². The molecule has 1 fully saturated rings. The molecule has 11 nitrogen and oxygen atoms in total. The number of likely N-dealkylation sites (tertiary alicyclic amines) is 1. The number of carboxylic acid groups (broad SMARTS) is 1. The fourth-order valence-electron chi connectivity index (χ4n) is 3.25. The Kier molecular flexibility index (Phi) is 6.06. The number of ether oxygens (including phenoxy) is 1. The molecular weight excluding hydrogens is 394 g/mol. The molecule has 158 valence electrons. The lowest BCUT2D eigenvalue weighted by Gasteiger charge is -2.42. The van der Waals surface area contributed by atoms with E-state index < -0.39 is 35.9 Å². The molecular formula is C17H22B2N4O7. The van der Waals surface area contributed by atoms with Gasteiger partial charge in [-0.2, -0.15) is 0 Å². The van der Waals surface area contributed by atoms with E-state index in [2.05, 4.69) is 9.97 Å². The monoisotopic (exact) mass is 416 g/mol. The first-order valence-electron chi connectivity index (χ1n) is 9.29. The number of nitrogens with zero attached hydrogens (tertiary/aromatic N) is 2. The van der Waals surface area contributed by atoms with Crippen LogP contribution in [-0.2, 0) is 16.7 Å². The minimum absolute atomic E-state index is 0.0341. The molecule has 1 saturated heterocycles. The number of phenols is 1. The molecule has 2 heterocycles. The molecule has 1 aliphatic rings. The summed E-state index contributed by atoms with van der Waals surface area (Å²) in [5, 5.41) is 37.7. The fourth-order valence-corrected chi connectivity index (χ4v) is 3.25. The van der Waals surface area contributed by atoms with Crippen molar-refractivity contribution in [3.63, 3.8) is 0 Å². The SMILES string of the molecule is BC(N)(C(=O)N1CC(Oc2ccc(CCB(O)O)c(O)c2C(=O)O)C1)c1c[nH]cn1. The molecule has 1 aliphatic heterocycles. The Hall–Kier alpha value is -3.02. The van der Waals surface area contributed by atoms with Gasteiger partial charge in [0.1, 0.15) is 36.5 Å². The van der Waals surface area contributed by atoms with E-state index in [1.54, 1.807) is 14.0 Å². The molecule has 0 spiro atoms. The van der Waals surface area contributed by atoms with Crippen molar-refractivity contribution in [3.8, 4) is 11.5 Å². The lowest BCUT2D eigenvalue weighted by molar-refractivity contribution is -0.143. The number of hydrogen-bond donors (Lipinski definition) is 6. The van der Waals surface area contributed by atoms with E-state index in [9.17, 15) is 19.8 Å². The molecule has 0 bridgehead atoms. The van der Waals surface area contributed by atoms with Gasteiger partial charge < -0.3 is 40.6 Å². The van der Waals surface area contributed by atoms with Crippen molar-refractivity contribution in [3.05, 3.63) is 41.5 Å². The number of aromatic hydroxyl groups is 1. The van der Waals surface area contributed by atoms with Gasteiger partial charge in [-0.05, 0) is 24.4 Å². The van der Waals surface area contributed by atoms with Crippen LogP contribution in [0.2, 0.25) is 6.32 Å². The number of benzene rings is 1. The van der Waals surface area contributed by atoms with Crippen LogP contribution in [0, 0.1) is 0 Å². The first-order valence-corrected chi connectivity index (χ1v) is 9.29. The van der Waals surface area contributed by atoms with Gasteiger partial charge in [0.2, 0.25) is 5.91 Å². The fraction of sp³-hybridized carbons (Fsp3) is 0.353. The van der Waals surface area contributed by atoms with Crippen LogP contribution in [0.1, 0.15) is 21.6 Å². The predicted molar refractivity (Wildman–Crippen MR) is 108 cm³/mol. The van der Waals surface area contributed by atoms with Crippen LogP contribution < -0.4 is 10.5 Å². The van der Waals surface area contributed by atoms with E-state index >= 15 is 0 Å². The topological polar surface area (TPSA) is 182 Å². The van der Waals surface area contributed by atoms with E-state index in [0.717, 1.165) is 0 Å². The number of aromatic nitrogens is 2. The normalized spacial score (nSPS) is 15.9. The highest BCUT2D eigenvalue weighted by Gasteiger charge is 2.42. The number of carboxylic acids is 1. The van der Waals surface area contributed by atoms with Crippen molar-refractivity contribution < 1.29 is 34.6 Å². The lowest BCUT2D eigenvalue weighted by atomic mass is 9.74. The van der Waals surface area contributed by atoms with Gasteiger partial charge >= 0.3 is 13.1 Å². The van der Waals surface area contributed by atoms with Crippen LogP contribution in [0.15, 0.2) is 24.7 Å². The van der Waals surface area contributed by atoms with E-state index in [1.165, 1.54) is 23.4 Å². The maximum absolute atomic E-state index is 12.7. The highest BCUT2D eigenvalue weighted by Crippen LogP contribution is 2.34. The number of aryl methyl sites for hydroxylation is 1. The third kappa shape index (κ3) is 4.27. The van der Waals surface area contributed by atoms with Crippen LogP contribution in [-0.4, -0.2) is 81.2 Å². The number of H-pyrrole nitrogens is 1. The number of carbonyl (C=O) groups excluding carboxylic acids is 1. The van der Waals surface area contributed by atoms with Crippen molar-refractivity contribution in [2.24, 2.45) is 5.73 Å². The van der Waals surface area contributed by atoms with Crippen molar-refractivity contribution >= 4 is 26.8 Å². The van der Waals surface area contributed by atoms with Crippen molar-refractivity contribution in [2.45, 2.75) is 24.3 Å². The molecule has 1 atom stereocenters. The van der Waals surface area contributed by atoms with Gasteiger partial charge in [0.15, 0.2) is 0 Å². The van der Waals surface area contributed by atoms with Crippen LogP contribution in [0.3, 0.4) is 0 Å². The molecule has 0 radical (unpaired) electrons. The molecule has 30 heavy (non-hydrogen) atoms. The Bertz CT molecular complexity index is 930. The molecule has 13 heteroatoms. The Morgan fingerprint density at radius 1 is 1.40 bits per heavy atom. The standard InChI is InChI=1S/C17H22B2N4O7/c18-17(20,12-5-21-8-22-12)16(27)23-6-10(7-23)30-11-2-1-9(3-4-19(28)29)14(24)13(11)15(25)26/h1-2,5,8,10,24,28-29H,3-4,6-7,18,20H2,(H,21,22)(H,25,26). The zero-order chi connectivity index (χ0) is 22.1. The van der Waals surface area contributed by atoms with Crippen molar-refractivity contribution in [1.82, 2.24) is 14.9 Å². The zero-order valence-electron chi connectivity index (χ0n) is 16.3. The summed E-state index contributed by atoms with van der Waals surface area (Å²) in [6.07, 6.45) is 2.54. The Morgan fingerprint density at radius 2 is 2.10 bits per heavy atom. The number of rotatable bonds is 8. The smallest absolute Gasteiger partial charge is 0.451 e. The number of hydrogen-bond acceptors (Lipinski definition) is 8. The summed E-state index contributed by atoms with van der Waals surface area (Å²) in [7, 11) is -0.00994. The Labute approximate surface area is 173 Å². The summed E-state index contributed by atoms with van der Waals surface area (Å²) < 4.78 is 5.69. The van der Waals surface area contributed by atoms with Crippen LogP contribution in [0.5, 0.6) is 11.5 Å². The maximum Gasteiger partial charge on any atom is 0.451 e. The van der Waals surface area contributed by atoms with Crippen molar-refractivity contribution in [2.75, 3.05) is 13.1 Å². The molecule has 2 aromatic rings. The Balaban J connectivity index is 1.67. The number of aromatic amines is 1. The van der Waals surface area contributed by atoms with Gasteiger partial charge in [-0.1, -0.05) is 6.07 Å². The predicted octanol–water partition coefficient (Wildman–Crippen LogP) is -2.14. The molecule has 1 aromatic carbocycles. The maximum atomic E-state index is 12.7. The van der Waals surface area contributed by atoms with Crippen molar-refractivity contribution in [1.29, 1.82) is 0 Å². The molecule has 0 aliphatic carbocycles. The van der Waals surface area contributed by atoms with Crippen LogP contribution in [0.25, 0.3) is 0 Å². The zero-order valence-corrected chi connectivity index (χ0v) is 16.3. The van der Waals surface area contributed by atoms with E-state index in [1.807, 2.05) is 0 Å². The summed E-state index contributed by atoms with van der Waals surface area (Å²) in [5.41, 5.74) is 5.06. The van der Waals surface area contributed by atoms with Gasteiger partial charge in [0.25, 0.3) is 0 Å². The van der Waals surface area contributed by atoms with Crippen LogP contribution >= 0.6 is 0 Å². The second-order valence-electron chi connectivity index (χ2n) is 7.38. The van der Waals surface area contributed by atoms with E-state index in [4.69, 9.17) is 20.5 Å². The minimum Gasteiger partial charge on any atom is -0.507 e. The third-order valence-electron chi connectivity index (χ3n) is 5.01. The summed E-state index contributed by atoms with van der Waals surface area (Å²) in [6.45, 7) is 0.405. The van der Waals surface area contributed by atoms with Gasteiger partial charge in [-0.15, -0.1) is 0 Å². The number of aromatic carboxylic acids is 1. The first kappa shape index (κ1) is 21.7. The minimum atomic E-state index is -1.57. The molecule has 1 unspecified atom stereocenters. The highest BCUT2D eigenvalue weighted by atomic mass is 16.5. The van der Waals surface area contributed by atoms with Crippen LogP contribution in [0.4, 0.5) is 0 Å². The quantitative estimate of drug-likeness (QED) is 0.262. The first-order chi connectivity index (χ1) is 14.1. The average Bonchev–Trinajstić information content (AvgIpc) is 3.18. The number of imidazole rings is 1. The van der Waals surface area contributed by atoms with Gasteiger partial charge in [0.05, 0.1) is 25.1 Å². The summed E-state index contributed by atoms with van der Waals surface area (Å²) in [5.74, 6) is -2.24. The molecule has 1 amide bonds. The highest BCUT2D eigenvalue weighted by molar-refractivity contribution is 6.41. The van der Waals surface area contributed by atoms with Gasteiger partial charge in [-0.3, -0.25) is 4.79 Å².